The van der Waals surface area contributed by atoms with E-state index in [2.05, 4.69) is 10.6 Å². The molecule has 2 N–H and O–H groups in total. The Morgan fingerprint density at radius 3 is 1.33 bits per heavy atom. The molecular formula is C28H16Cl2N2O4. The van der Waals surface area contributed by atoms with Crippen molar-refractivity contribution in [3.05, 3.63) is 128 Å². The highest BCUT2D eigenvalue weighted by Gasteiger charge is 2.30. The van der Waals surface area contributed by atoms with Crippen LogP contribution in [0.25, 0.3) is 0 Å². The Kier molecular flexibility index (Phi) is 6.14. The van der Waals surface area contributed by atoms with Gasteiger partial charge in [0.1, 0.15) is 0 Å². The number of benzene rings is 4. The van der Waals surface area contributed by atoms with Gasteiger partial charge in [-0.25, -0.2) is 0 Å². The summed E-state index contributed by atoms with van der Waals surface area (Å²) in [6.45, 7) is 0. The summed E-state index contributed by atoms with van der Waals surface area (Å²) in [7, 11) is 0. The number of hydrogen-bond donors (Lipinski definition) is 2. The van der Waals surface area contributed by atoms with Crippen LogP contribution >= 0.6 is 23.2 Å². The van der Waals surface area contributed by atoms with Crippen LogP contribution in [0.15, 0.2) is 84.9 Å². The number of nitrogens with one attached hydrogen (secondary N) is 2. The molecule has 0 fully saturated rings. The molecule has 36 heavy (non-hydrogen) atoms. The number of carbonyl (C=O) groups excluding carboxylic acids is 4. The molecule has 6 nitrogen and oxygen atoms in total. The van der Waals surface area contributed by atoms with E-state index < -0.39 is 11.8 Å². The Hall–Kier alpha value is -4.26. The number of carbonyl (C=O) groups is 4. The lowest BCUT2D eigenvalue weighted by Crippen LogP contribution is -2.22. The van der Waals surface area contributed by atoms with Crippen molar-refractivity contribution in [1.82, 2.24) is 0 Å². The van der Waals surface area contributed by atoms with E-state index in [1.54, 1.807) is 48.5 Å². The fourth-order valence-corrected chi connectivity index (χ4v) is 4.35. The number of fused-ring (bicyclic) bond motifs is 2. The van der Waals surface area contributed by atoms with Gasteiger partial charge in [-0.3, -0.25) is 19.2 Å². The molecule has 176 valence electrons. The predicted molar refractivity (Wildman–Crippen MR) is 139 cm³/mol. The number of halogens is 2. The first kappa shape index (κ1) is 23.5. The summed E-state index contributed by atoms with van der Waals surface area (Å²) in [5.41, 5.74) is 2.26. The zero-order chi connectivity index (χ0) is 25.4. The van der Waals surface area contributed by atoms with Crippen LogP contribution in [0.4, 0.5) is 11.4 Å². The van der Waals surface area contributed by atoms with Gasteiger partial charge in [-0.05, 0) is 72.8 Å². The van der Waals surface area contributed by atoms with E-state index in [0.717, 1.165) is 0 Å². The van der Waals surface area contributed by atoms with E-state index >= 15 is 0 Å². The van der Waals surface area contributed by atoms with Gasteiger partial charge >= 0.3 is 0 Å². The maximum atomic E-state index is 13.2. The molecule has 0 aliphatic heterocycles. The summed E-state index contributed by atoms with van der Waals surface area (Å²) >= 11 is 11.9. The van der Waals surface area contributed by atoms with Crippen molar-refractivity contribution >= 4 is 58.0 Å². The quantitative estimate of drug-likeness (QED) is 0.295. The molecule has 0 heterocycles. The van der Waals surface area contributed by atoms with Crippen LogP contribution < -0.4 is 10.6 Å². The van der Waals surface area contributed by atoms with Crippen LogP contribution in [0.5, 0.6) is 0 Å². The van der Waals surface area contributed by atoms with Crippen LogP contribution in [0, 0.1) is 0 Å². The minimum absolute atomic E-state index is 0.187. The van der Waals surface area contributed by atoms with Gasteiger partial charge in [0.15, 0.2) is 11.6 Å². The second-order valence-electron chi connectivity index (χ2n) is 8.11. The van der Waals surface area contributed by atoms with Crippen LogP contribution in [0.1, 0.15) is 52.6 Å². The van der Waals surface area contributed by atoms with Crippen molar-refractivity contribution in [1.29, 1.82) is 0 Å². The molecule has 5 rings (SSSR count). The molecule has 0 radical (unpaired) electrons. The maximum Gasteiger partial charge on any atom is 0.255 e. The Balaban J connectivity index is 1.40. The molecule has 8 heteroatoms. The highest BCUT2D eigenvalue weighted by atomic mass is 35.5. The van der Waals surface area contributed by atoms with Crippen molar-refractivity contribution in [2.24, 2.45) is 0 Å². The average Bonchev–Trinajstić information content (AvgIpc) is 2.87. The number of rotatable bonds is 4. The highest BCUT2D eigenvalue weighted by molar-refractivity contribution is 6.31. The van der Waals surface area contributed by atoms with E-state index in [9.17, 15) is 19.2 Å². The summed E-state index contributed by atoms with van der Waals surface area (Å²) in [4.78, 5) is 51.6. The molecule has 0 aromatic heterocycles. The van der Waals surface area contributed by atoms with Crippen LogP contribution in [0.2, 0.25) is 10.0 Å². The highest BCUT2D eigenvalue weighted by Crippen LogP contribution is 2.31. The third-order valence-corrected chi connectivity index (χ3v) is 6.18. The second kappa shape index (κ2) is 9.41. The first-order valence-corrected chi connectivity index (χ1v) is 11.6. The Morgan fingerprint density at radius 1 is 0.528 bits per heavy atom. The molecule has 1 aliphatic carbocycles. The zero-order valence-electron chi connectivity index (χ0n) is 18.5. The van der Waals surface area contributed by atoms with Crippen LogP contribution in [-0.2, 0) is 0 Å². The fraction of sp³-hybridized carbons (Fsp3) is 0. The van der Waals surface area contributed by atoms with Crippen LogP contribution in [-0.4, -0.2) is 23.4 Å². The van der Waals surface area contributed by atoms with E-state index in [0.29, 0.717) is 32.5 Å². The monoisotopic (exact) mass is 514 g/mol. The van der Waals surface area contributed by atoms with E-state index in [1.165, 1.54) is 36.4 Å². The Labute approximate surface area is 215 Å². The summed E-state index contributed by atoms with van der Waals surface area (Å²) in [6, 6.07) is 22.0. The molecule has 0 saturated heterocycles. The Bertz CT molecular complexity index is 1480. The minimum Gasteiger partial charge on any atom is -0.322 e. The van der Waals surface area contributed by atoms with Gasteiger partial charge in [0.2, 0.25) is 0 Å². The van der Waals surface area contributed by atoms with Crippen molar-refractivity contribution < 1.29 is 19.2 Å². The smallest absolute Gasteiger partial charge is 0.255 e. The number of amides is 2. The lowest BCUT2D eigenvalue weighted by Gasteiger charge is -2.19. The normalized spacial score (nSPS) is 11.9. The molecule has 0 atom stereocenters. The van der Waals surface area contributed by atoms with Crippen molar-refractivity contribution in [2.45, 2.75) is 0 Å². The minimum atomic E-state index is -0.396. The summed E-state index contributed by atoms with van der Waals surface area (Å²) < 4.78 is 0. The third kappa shape index (κ3) is 4.52. The summed E-state index contributed by atoms with van der Waals surface area (Å²) in [6.07, 6.45) is 0. The van der Waals surface area contributed by atoms with Crippen LogP contribution in [0.3, 0.4) is 0 Å². The number of hydrogen-bond acceptors (Lipinski definition) is 4. The standard InChI is InChI=1S/C28H16Cl2N2O4/c29-17-5-1-3-15(11-17)27(35)31-19-7-9-21-23(13-19)25(33)22-10-8-20(14-24(22)26(21)34)32-28(36)16-4-2-6-18(30)12-16/h1-14H,(H,31,35)(H,32,36). The van der Waals surface area contributed by atoms with Gasteiger partial charge in [-0.1, -0.05) is 35.3 Å². The average molecular weight is 515 g/mol. The number of ketones is 2. The van der Waals surface area contributed by atoms with E-state index in [1.807, 2.05) is 0 Å². The largest absolute Gasteiger partial charge is 0.322 e. The third-order valence-electron chi connectivity index (χ3n) is 5.71. The fourth-order valence-electron chi connectivity index (χ4n) is 3.97. The molecule has 0 spiro atoms. The van der Waals surface area contributed by atoms with E-state index in [4.69, 9.17) is 23.2 Å². The molecule has 2 amide bonds. The Morgan fingerprint density at radius 2 is 0.944 bits per heavy atom. The number of anilines is 2. The molecule has 4 aromatic carbocycles. The maximum absolute atomic E-state index is 13.2. The second-order valence-corrected chi connectivity index (χ2v) is 8.98. The summed E-state index contributed by atoms with van der Waals surface area (Å²) in [5, 5.41) is 6.30. The molecular weight excluding hydrogens is 499 g/mol. The van der Waals surface area contributed by atoms with Crippen molar-refractivity contribution in [2.75, 3.05) is 10.6 Å². The predicted octanol–water partition coefficient (Wildman–Crippen LogP) is 6.27. The lowest BCUT2D eigenvalue weighted by atomic mass is 9.83. The topological polar surface area (TPSA) is 92.3 Å². The van der Waals surface area contributed by atoms with Gasteiger partial charge < -0.3 is 10.6 Å². The van der Waals surface area contributed by atoms with Gasteiger partial charge in [-0.15, -0.1) is 0 Å². The first-order chi connectivity index (χ1) is 17.3. The SMILES string of the molecule is O=C(Nc1ccc2c(c1)C(=O)c1ccc(NC(=O)c3cccc(Cl)c3)cc1C2=O)c1cccc(Cl)c1. The van der Waals surface area contributed by atoms with Gasteiger partial charge in [0.25, 0.3) is 11.8 Å². The molecule has 1 aliphatic rings. The lowest BCUT2D eigenvalue weighted by molar-refractivity contribution is 0.0979. The zero-order valence-corrected chi connectivity index (χ0v) is 20.0. The molecule has 0 bridgehead atoms. The van der Waals surface area contributed by atoms with Crippen molar-refractivity contribution in [3.63, 3.8) is 0 Å². The molecule has 0 unspecified atom stereocenters. The summed E-state index contributed by atoms with van der Waals surface area (Å²) in [5.74, 6) is -1.50. The van der Waals surface area contributed by atoms with Gasteiger partial charge in [-0.2, -0.15) is 0 Å². The molecule has 0 saturated carbocycles. The van der Waals surface area contributed by atoms with E-state index in [-0.39, 0.29) is 33.8 Å². The first-order valence-electron chi connectivity index (χ1n) is 10.8. The van der Waals surface area contributed by atoms with Gasteiger partial charge in [0.05, 0.1) is 0 Å². The molecule has 4 aromatic rings. The van der Waals surface area contributed by atoms with Gasteiger partial charge in [0, 0.05) is 54.8 Å². The van der Waals surface area contributed by atoms with Crippen molar-refractivity contribution in [3.8, 4) is 0 Å².